The van der Waals surface area contributed by atoms with Crippen molar-refractivity contribution in [3.05, 3.63) is 34.5 Å². The van der Waals surface area contributed by atoms with Crippen molar-refractivity contribution < 1.29 is 5.11 Å². The van der Waals surface area contributed by atoms with Crippen LogP contribution in [0.5, 0.6) is 5.75 Å². The second kappa shape index (κ2) is 5.33. The molecule has 1 aliphatic rings. The van der Waals surface area contributed by atoms with Gasteiger partial charge in [0.2, 0.25) is 0 Å². The molecule has 5 heteroatoms. The lowest BCUT2D eigenvalue weighted by Crippen LogP contribution is -2.17. The lowest BCUT2D eigenvalue weighted by Gasteiger charge is -2.19. The van der Waals surface area contributed by atoms with E-state index in [-0.39, 0.29) is 0 Å². The highest BCUT2D eigenvalue weighted by molar-refractivity contribution is 5.64. The molecule has 0 saturated carbocycles. The predicted octanol–water partition coefficient (Wildman–Crippen LogP) is 2.63. The number of nitrogens with one attached hydrogen (secondary N) is 1. The van der Waals surface area contributed by atoms with Gasteiger partial charge in [-0.25, -0.2) is 15.8 Å². The number of nitrogens with two attached hydrogens (primary N) is 1. The third-order valence-electron chi connectivity index (χ3n) is 4.07. The zero-order chi connectivity index (χ0) is 15.0. The lowest BCUT2D eigenvalue weighted by molar-refractivity contribution is 0.467. The van der Waals surface area contributed by atoms with Gasteiger partial charge in [0, 0.05) is 16.8 Å². The Labute approximate surface area is 124 Å². The van der Waals surface area contributed by atoms with Crippen molar-refractivity contribution >= 4 is 5.82 Å². The fraction of sp³-hybridized carbons (Fsp3) is 0.375. The van der Waals surface area contributed by atoms with Crippen molar-refractivity contribution in [3.8, 4) is 17.1 Å². The SMILES string of the molecule is Cc1cc(-c2nc3c(c(NN)n2)CCCC3)cc(C)c1O. The van der Waals surface area contributed by atoms with Crippen molar-refractivity contribution in [2.24, 2.45) is 5.84 Å². The summed E-state index contributed by atoms with van der Waals surface area (Å²) >= 11 is 0. The topological polar surface area (TPSA) is 84.1 Å². The second-order valence-corrected chi connectivity index (χ2v) is 5.63. The molecule has 1 aromatic carbocycles. The molecule has 0 atom stereocenters. The summed E-state index contributed by atoms with van der Waals surface area (Å²) in [4.78, 5) is 9.27. The van der Waals surface area contributed by atoms with Gasteiger partial charge in [0.05, 0.1) is 0 Å². The minimum Gasteiger partial charge on any atom is -0.507 e. The van der Waals surface area contributed by atoms with Crippen LogP contribution in [-0.4, -0.2) is 15.1 Å². The van der Waals surface area contributed by atoms with E-state index in [1.54, 1.807) is 0 Å². The van der Waals surface area contributed by atoms with Crippen LogP contribution in [0, 0.1) is 13.8 Å². The summed E-state index contributed by atoms with van der Waals surface area (Å²) in [5, 5.41) is 9.90. The Morgan fingerprint density at radius 3 is 2.43 bits per heavy atom. The zero-order valence-corrected chi connectivity index (χ0v) is 12.4. The molecule has 0 fully saturated rings. The molecule has 0 spiro atoms. The molecule has 2 aromatic rings. The van der Waals surface area contributed by atoms with E-state index >= 15 is 0 Å². The summed E-state index contributed by atoms with van der Waals surface area (Å²) in [7, 11) is 0. The van der Waals surface area contributed by atoms with E-state index in [1.807, 2.05) is 26.0 Å². The van der Waals surface area contributed by atoms with Crippen LogP contribution in [0.15, 0.2) is 12.1 Å². The molecule has 1 heterocycles. The number of aromatic nitrogens is 2. The summed E-state index contributed by atoms with van der Waals surface area (Å²) < 4.78 is 0. The van der Waals surface area contributed by atoms with Gasteiger partial charge in [-0.05, 0) is 62.8 Å². The van der Waals surface area contributed by atoms with Crippen LogP contribution in [0.2, 0.25) is 0 Å². The van der Waals surface area contributed by atoms with Gasteiger partial charge in [0.25, 0.3) is 0 Å². The number of anilines is 1. The summed E-state index contributed by atoms with van der Waals surface area (Å²) in [6, 6.07) is 3.82. The standard InChI is InChI=1S/C16H20N4O/c1-9-7-11(8-10(2)14(9)21)15-18-13-6-4-3-5-12(13)16(19-15)20-17/h7-8,21H,3-6,17H2,1-2H3,(H,18,19,20). The van der Waals surface area contributed by atoms with Crippen molar-refractivity contribution in [2.75, 3.05) is 5.43 Å². The minimum atomic E-state index is 0.328. The number of aromatic hydroxyl groups is 1. The fourth-order valence-corrected chi connectivity index (χ4v) is 2.93. The Balaban J connectivity index is 2.15. The Kier molecular flexibility index (Phi) is 3.51. The summed E-state index contributed by atoms with van der Waals surface area (Å²) in [6.45, 7) is 3.76. The van der Waals surface area contributed by atoms with Gasteiger partial charge in [-0.15, -0.1) is 0 Å². The number of aryl methyl sites for hydroxylation is 3. The summed E-state index contributed by atoms with van der Waals surface area (Å²) in [6.07, 6.45) is 4.25. The maximum absolute atomic E-state index is 9.90. The van der Waals surface area contributed by atoms with E-state index in [0.717, 1.165) is 59.4 Å². The van der Waals surface area contributed by atoms with E-state index in [4.69, 9.17) is 10.8 Å². The molecule has 110 valence electrons. The van der Waals surface area contributed by atoms with E-state index < -0.39 is 0 Å². The first-order valence-corrected chi connectivity index (χ1v) is 7.27. The van der Waals surface area contributed by atoms with Gasteiger partial charge >= 0.3 is 0 Å². The smallest absolute Gasteiger partial charge is 0.161 e. The van der Waals surface area contributed by atoms with Gasteiger partial charge in [0.1, 0.15) is 11.6 Å². The Bertz CT molecular complexity index is 657. The lowest BCUT2D eigenvalue weighted by atomic mass is 9.96. The van der Waals surface area contributed by atoms with Crippen molar-refractivity contribution in [1.82, 2.24) is 9.97 Å². The molecule has 0 radical (unpaired) electrons. The third kappa shape index (κ3) is 2.45. The molecule has 1 aliphatic carbocycles. The van der Waals surface area contributed by atoms with Crippen molar-refractivity contribution in [1.29, 1.82) is 0 Å². The number of benzene rings is 1. The predicted molar refractivity (Wildman–Crippen MR) is 83.1 cm³/mol. The number of nitrogens with zero attached hydrogens (tertiary/aromatic N) is 2. The molecule has 3 rings (SSSR count). The highest BCUT2D eigenvalue weighted by atomic mass is 16.3. The van der Waals surface area contributed by atoms with E-state index in [2.05, 4.69) is 10.4 Å². The van der Waals surface area contributed by atoms with Gasteiger partial charge < -0.3 is 10.5 Å². The third-order valence-corrected chi connectivity index (χ3v) is 4.07. The maximum atomic E-state index is 9.90. The molecule has 4 N–H and O–H groups in total. The van der Waals surface area contributed by atoms with Crippen molar-refractivity contribution in [2.45, 2.75) is 39.5 Å². The molecule has 21 heavy (non-hydrogen) atoms. The van der Waals surface area contributed by atoms with Gasteiger partial charge in [0.15, 0.2) is 5.82 Å². The van der Waals surface area contributed by atoms with Crippen LogP contribution in [-0.2, 0) is 12.8 Å². The number of phenols is 1. The molecule has 0 saturated heterocycles. The van der Waals surface area contributed by atoms with E-state index in [9.17, 15) is 5.11 Å². The first-order valence-electron chi connectivity index (χ1n) is 7.27. The Hall–Kier alpha value is -2.14. The first-order chi connectivity index (χ1) is 10.1. The second-order valence-electron chi connectivity index (χ2n) is 5.63. The number of hydrogen-bond acceptors (Lipinski definition) is 5. The monoisotopic (exact) mass is 284 g/mol. The Morgan fingerprint density at radius 2 is 1.76 bits per heavy atom. The highest BCUT2D eigenvalue weighted by Crippen LogP contribution is 2.31. The van der Waals surface area contributed by atoms with E-state index in [1.165, 1.54) is 0 Å². The van der Waals surface area contributed by atoms with Gasteiger partial charge in [-0.3, -0.25) is 0 Å². The molecular weight excluding hydrogens is 264 g/mol. The summed E-state index contributed by atoms with van der Waals surface area (Å²) in [5.74, 6) is 7.33. The van der Waals surface area contributed by atoms with Crippen LogP contribution in [0.1, 0.15) is 35.2 Å². The highest BCUT2D eigenvalue weighted by Gasteiger charge is 2.18. The average Bonchev–Trinajstić information content (AvgIpc) is 2.51. The van der Waals surface area contributed by atoms with Crippen LogP contribution in [0.25, 0.3) is 11.4 Å². The molecule has 0 unspecified atom stereocenters. The Morgan fingerprint density at radius 1 is 1.10 bits per heavy atom. The van der Waals surface area contributed by atoms with Crippen LogP contribution in [0.3, 0.4) is 0 Å². The molecule has 0 aliphatic heterocycles. The number of nitrogen functional groups attached to an aromatic ring is 1. The van der Waals surface area contributed by atoms with E-state index in [0.29, 0.717) is 11.6 Å². The normalized spacial score (nSPS) is 13.9. The van der Waals surface area contributed by atoms with Crippen LogP contribution in [0.4, 0.5) is 5.82 Å². The van der Waals surface area contributed by atoms with Gasteiger partial charge in [-0.2, -0.15) is 0 Å². The molecular formula is C16H20N4O. The average molecular weight is 284 g/mol. The number of phenolic OH excluding ortho intramolecular Hbond substituents is 1. The number of fused-ring (bicyclic) bond motifs is 1. The maximum Gasteiger partial charge on any atom is 0.161 e. The molecule has 0 bridgehead atoms. The first kappa shape index (κ1) is 13.8. The molecule has 1 aromatic heterocycles. The zero-order valence-electron chi connectivity index (χ0n) is 12.4. The molecule has 5 nitrogen and oxygen atoms in total. The van der Waals surface area contributed by atoms with Crippen LogP contribution >= 0.6 is 0 Å². The number of hydrogen-bond donors (Lipinski definition) is 3. The largest absolute Gasteiger partial charge is 0.507 e. The minimum absolute atomic E-state index is 0.328. The summed E-state index contributed by atoms with van der Waals surface area (Å²) in [5.41, 5.74) is 7.49. The van der Waals surface area contributed by atoms with Gasteiger partial charge in [-0.1, -0.05) is 0 Å². The number of hydrazine groups is 1. The van der Waals surface area contributed by atoms with Crippen LogP contribution < -0.4 is 11.3 Å². The number of rotatable bonds is 2. The molecule has 0 amide bonds. The fourth-order valence-electron chi connectivity index (χ4n) is 2.93. The quantitative estimate of drug-likeness (QED) is 0.583. The van der Waals surface area contributed by atoms with Crippen molar-refractivity contribution in [3.63, 3.8) is 0 Å².